The van der Waals surface area contributed by atoms with Gasteiger partial charge < -0.3 is 19.5 Å². The molecule has 2 fully saturated rings. The molecule has 0 radical (unpaired) electrons. The molecule has 0 aromatic carbocycles. The van der Waals surface area contributed by atoms with E-state index in [9.17, 15) is 5.11 Å². The van der Waals surface area contributed by atoms with Crippen molar-refractivity contribution in [3.05, 3.63) is 12.3 Å². The summed E-state index contributed by atoms with van der Waals surface area (Å²) in [6.07, 6.45) is 7.51. The van der Waals surface area contributed by atoms with Crippen LogP contribution >= 0.6 is 0 Å². The van der Waals surface area contributed by atoms with Crippen LogP contribution < -0.4 is 0 Å². The third-order valence-corrected chi connectivity index (χ3v) is 4.02. The summed E-state index contributed by atoms with van der Waals surface area (Å²) in [5.74, 6) is -0.532. The van der Waals surface area contributed by atoms with Gasteiger partial charge in [0.25, 0.3) is 0 Å². The third-order valence-electron chi connectivity index (χ3n) is 4.02. The molecule has 1 saturated heterocycles. The van der Waals surface area contributed by atoms with Crippen LogP contribution in [0.1, 0.15) is 26.7 Å². The highest BCUT2D eigenvalue weighted by Crippen LogP contribution is 2.51. The SMILES string of the molecule is CC1(C)OC2CCC(CO)C2(N2C=CC=NC2)O1. The second-order valence-corrected chi connectivity index (χ2v) is 5.60. The molecule has 1 saturated carbocycles. The van der Waals surface area contributed by atoms with Crippen molar-refractivity contribution in [2.45, 2.75) is 44.3 Å². The van der Waals surface area contributed by atoms with E-state index in [0.717, 1.165) is 12.8 Å². The maximum absolute atomic E-state index is 9.65. The molecule has 3 rings (SSSR count). The van der Waals surface area contributed by atoms with Gasteiger partial charge in [0.1, 0.15) is 12.8 Å². The Morgan fingerprint density at radius 3 is 2.94 bits per heavy atom. The molecule has 5 nitrogen and oxygen atoms in total. The predicted octanol–water partition coefficient (Wildman–Crippen LogP) is 1.09. The zero-order chi connectivity index (χ0) is 12.8. The Morgan fingerprint density at radius 2 is 2.28 bits per heavy atom. The van der Waals surface area contributed by atoms with Crippen LogP contribution in [0.25, 0.3) is 0 Å². The minimum absolute atomic E-state index is 0.00241. The molecule has 3 atom stereocenters. The van der Waals surface area contributed by atoms with Gasteiger partial charge in [0.15, 0.2) is 11.5 Å². The number of rotatable bonds is 2. The molecule has 1 aliphatic carbocycles. The fourth-order valence-corrected chi connectivity index (χ4v) is 3.39. The lowest BCUT2D eigenvalue weighted by molar-refractivity contribution is -0.214. The number of nitrogens with zero attached hydrogens (tertiary/aromatic N) is 2. The Balaban J connectivity index is 1.97. The van der Waals surface area contributed by atoms with Crippen LogP contribution in [-0.4, -0.2) is 47.1 Å². The highest BCUT2D eigenvalue weighted by molar-refractivity contribution is 5.71. The van der Waals surface area contributed by atoms with Crippen LogP contribution in [0, 0.1) is 5.92 Å². The molecule has 2 aliphatic heterocycles. The Hall–Kier alpha value is -0.910. The number of allylic oxidation sites excluding steroid dienone is 1. The molecular weight excluding hydrogens is 232 g/mol. The van der Waals surface area contributed by atoms with Gasteiger partial charge in [-0.2, -0.15) is 0 Å². The van der Waals surface area contributed by atoms with Crippen molar-refractivity contribution < 1.29 is 14.6 Å². The maximum atomic E-state index is 9.65. The van der Waals surface area contributed by atoms with E-state index < -0.39 is 11.5 Å². The van der Waals surface area contributed by atoms with Gasteiger partial charge in [-0.25, -0.2) is 0 Å². The first-order valence-corrected chi connectivity index (χ1v) is 6.51. The van der Waals surface area contributed by atoms with Crippen molar-refractivity contribution in [3.63, 3.8) is 0 Å². The van der Waals surface area contributed by atoms with Crippen molar-refractivity contribution in [3.8, 4) is 0 Å². The summed E-state index contributed by atoms with van der Waals surface area (Å²) in [4.78, 5) is 6.34. The second-order valence-electron chi connectivity index (χ2n) is 5.60. The van der Waals surface area contributed by atoms with E-state index in [0.29, 0.717) is 6.67 Å². The van der Waals surface area contributed by atoms with Crippen molar-refractivity contribution in [2.75, 3.05) is 13.3 Å². The Kier molecular flexibility index (Phi) is 2.73. The normalized spacial score (nSPS) is 41.4. The fourth-order valence-electron chi connectivity index (χ4n) is 3.39. The molecule has 0 spiro atoms. The summed E-state index contributed by atoms with van der Waals surface area (Å²) < 4.78 is 12.2. The van der Waals surface area contributed by atoms with E-state index >= 15 is 0 Å². The quantitative estimate of drug-likeness (QED) is 0.799. The van der Waals surface area contributed by atoms with Crippen LogP contribution in [0.2, 0.25) is 0 Å². The number of aliphatic imine (C=N–C) groups is 1. The third kappa shape index (κ3) is 1.61. The molecule has 0 amide bonds. The summed E-state index contributed by atoms with van der Waals surface area (Å²) >= 11 is 0. The van der Waals surface area contributed by atoms with Crippen LogP contribution in [0.5, 0.6) is 0 Å². The van der Waals surface area contributed by atoms with E-state index in [4.69, 9.17) is 9.47 Å². The zero-order valence-electron chi connectivity index (χ0n) is 10.9. The lowest BCUT2D eigenvalue weighted by atomic mass is 9.97. The summed E-state index contributed by atoms with van der Waals surface area (Å²) in [6.45, 7) is 4.53. The zero-order valence-corrected chi connectivity index (χ0v) is 10.9. The molecule has 0 aromatic heterocycles. The molecule has 18 heavy (non-hydrogen) atoms. The van der Waals surface area contributed by atoms with E-state index in [2.05, 4.69) is 9.89 Å². The van der Waals surface area contributed by atoms with Crippen LogP contribution in [-0.2, 0) is 9.47 Å². The highest BCUT2D eigenvalue weighted by Gasteiger charge is 2.63. The van der Waals surface area contributed by atoms with Crippen molar-refractivity contribution in [2.24, 2.45) is 10.9 Å². The monoisotopic (exact) mass is 252 g/mol. The van der Waals surface area contributed by atoms with Gasteiger partial charge in [-0.15, -0.1) is 0 Å². The van der Waals surface area contributed by atoms with E-state index in [-0.39, 0.29) is 18.6 Å². The molecule has 100 valence electrons. The average Bonchev–Trinajstić information content (AvgIpc) is 2.81. The smallest absolute Gasteiger partial charge is 0.177 e. The van der Waals surface area contributed by atoms with Crippen molar-refractivity contribution >= 4 is 6.21 Å². The van der Waals surface area contributed by atoms with Gasteiger partial charge in [0, 0.05) is 18.3 Å². The molecule has 0 bridgehead atoms. The van der Waals surface area contributed by atoms with Gasteiger partial charge in [-0.3, -0.25) is 4.99 Å². The highest BCUT2D eigenvalue weighted by atomic mass is 16.8. The molecule has 0 aromatic rings. The number of fused-ring (bicyclic) bond motifs is 1. The van der Waals surface area contributed by atoms with Gasteiger partial charge in [0.2, 0.25) is 0 Å². The second kappa shape index (κ2) is 4.05. The topological polar surface area (TPSA) is 54.3 Å². The fraction of sp³-hybridized carbons (Fsp3) is 0.769. The molecular formula is C13H20N2O3. The Labute approximate surface area is 107 Å². The number of hydrogen-bond donors (Lipinski definition) is 1. The summed E-state index contributed by atoms with van der Waals surface area (Å²) in [6, 6.07) is 0. The standard InChI is InChI=1S/C13H20N2O3/c1-12(2)17-11-5-4-10(8-16)13(11,18-12)15-7-3-6-14-9-15/h3,6-7,10-11,16H,4-5,8-9H2,1-2H3. The van der Waals surface area contributed by atoms with E-state index in [1.54, 1.807) is 6.21 Å². The van der Waals surface area contributed by atoms with Gasteiger partial charge in [-0.1, -0.05) is 0 Å². The first-order chi connectivity index (χ1) is 8.58. The molecule has 5 heteroatoms. The average molecular weight is 252 g/mol. The molecule has 2 heterocycles. The minimum Gasteiger partial charge on any atom is -0.396 e. The largest absolute Gasteiger partial charge is 0.396 e. The molecule has 3 unspecified atom stereocenters. The van der Waals surface area contributed by atoms with Crippen LogP contribution in [0.4, 0.5) is 0 Å². The van der Waals surface area contributed by atoms with Crippen LogP contribution in [0.3, 0.4) is 0 Å². The minimum atomic E-state index is -0.604. The van der Waals surface area contributed by atoms with Crippen LogP contribution in [0.15, 0.2) is 17.3 Å². The Bertz CT molecular complexity index is 394. The first kappa shape index (κ1) is 12.1. The van der Waals surface area contributed by atoms with Gasteiger partial charge >= 0.3 is 0 Å². The van der Waals surface area contributed by atoms with Crippen molar-refractivity contribution in [1.82, 2.24) is 4.90 Å². The summed E-state index contributed by atoms with van der Waals surface area (Å²) in [5, 5.41) is 9.65. The Morgan fingerprint density at radius 1 is 1.44 bits per heavy atom. The maximum Gasteiger partial charge on any atom is 0.177 e. The van der Waals surface area contributed by atoms with Gasteiger partial charge in [-0.05, 0) is 32.8 Å². The lowest BCUT2D eigenvalue weighted by Gasteiger charge is -2.43. The summed E-state index contributed by atoms with van der Waals surface area (Å²) in [5.41, 5.74) is -0.563. The first-order valence-electron chi connectivity index (χ1n) is 6.51. The van der Waals surface area contributed by atoms with Gasteiger partial charge in [0.05, 0.1) is 6.61 Å². The molecule has 1 N–H and O–H groups in total. The van der Waals surface area contributed by atoms with E-state index in [1.165, 1.54) is 0 Å². The predicted molar refractivity (Wildman–Crippen MR) is 66.9 cm³/mol. The lowest BCUT2D eigenvalue weighted by Crippen LogP contribution is -2.56. The number of aliphatic hydroxyl groups excluding tert-OH is 1. The van der Waals surface area contributed by atoms with Crippen molar-refractivity contribution in [1.29, 1.82) is 0 Å². The number of aliphatic hydroxyl groups is 1. The molecule has 3 aliphatic rings. The summed E-state index contributed by atoms with van der Waals surface area (Å²) in [7, 11) is 0. The number of hydrogen-bond acceptors (Lipinski definition) is 5. The number of ether oxygens (including phenoxy) is 2. The van der Waals surface area contributed by atoms with E-state index in [1.807, 2.05) is 26.1 Å².